The van der Waals surface area contributed by atoms with E-state index in [0.717, 1.165) is 5.56 Å². The van der Waals surface area contributed by atoms with E-state index >= 15 is 0 Å². The van der Waals surface area contributed by atoms with Crippen LogP contribution in [0.4, 0.5) is 0 Å². The van der Waals surface area contributed by atoms with Crippen LogP contribution in [0.1, 0.15) is 31.4 Å². The van der Waals surface area contributed by atoms with Gasteiger partial charge in [-0.15, -0.1) is 0 Å². The average Bonchev–Trinajstić information content (AvgIpc) is 2.71. The van der Waals surface area contributed by atoms with Crippen molar-refractivity contribution in [1.82, 2.24) is 0 Å². The smallest absolute Gasteiger partial charge is 0.335 e. The molecule has 0 spiro atoms. The highest BCUT2D eigenvalue weighted by atomic mass is 16.7. The number of aliphatic hydroxyl groups excluding tert-OH is 4. The topological polar surface area (TPSA) is 163 Å². The second kappa shape index (κ2) is 10.7. The van der Waals surface area contributed by atoms with Gasteiger partial charge in [0.15, 0.2) is 6.10 Å². The molecule has 1 aromatic rings. The molecule has 0 amide bonds. The molecule has 1 aliphatic heterocycles. The van der Waals surface area contributed by atoms with Gasteiger partial charge in [-0.05, 0) is 30.5 Å². The van der Waals surface area contributed by atoms with Crippen molar-refractivity contribution in [3.8, 4) is 5.75 Å². The van der Waals surface area contributed by atoms with Crippen molar-refractivity contribution in [3.63, 3.8) is 0 Å². The number of ether oxygens (including phenoxy) is 3. The normalized spacial score (nSPS) is 26.4. The fourth-order valence-corrected chi connectivity index (χ4v) is 2.89. The Kier molecular flexibility index (Phi) is 8.56. The highest BCUT2D eigenvalue weighted by molar-refractivity contribution is 5.73. The van der Waals surface area contributed by atoms with Crippen LogP contribution in [-0.4, -0.2) is 74.8 Å². The molecule has 0 aliphatic carbocycles. The number of aliphatic carboxylic acids is 1. The van der Waals surface area contributed by atoms with Gasteiger partial charge in [0.2, 0.25) is 6.29 Å². The molecule has 0 aromatic heterocycles. The average molecular weight is 428 g/mol. The first kappa shape index (κ1) is 24.0. The monoisotopic (exact) mass is 428 g/mol. The zero-order valence-corrected chi connectivity index (χ0v) is 16.8. The second-order valence-electron chi connectivity index (χ2n) is 7.38. The Hall–Kier alpha value is -2.24. The Labute approximate surface area is 173 Å². The molecule has 1 saturated heterocycles. The third kappa shape index (κ3) is 5.89. The van der Waals surface area contributed by atoms with Gasteiger partial charge in [-0.3, -0.25) is 4.79 Å². The number of benzene rings is 1. The number of rotatable bonds is 9. The van der Waals surface area contributed by atoms with Gasteiger partial charge >= 0.3 is 11.9 Å². The molecule has 5 N–H and O–H groups in total. The summed E-state index contributed by atoms with van der Waals surface area (Å²) in [6, 6.07) is 4.94. The number of carboxylic acid groups (broad SMARTS) is 1. The van der Waals surface area contributed by atoms with E-state index in [2.05, 4.69) is 0 Å². The van der Waals surface area contributed by atoms with Crippen LogP contribution < -0.4 is 4.74 Å². The van der Waals surface area contributed by atoms with E-state index in [1.165, 1.54) is 6.07 Å². The first-order valence-electron chi connectivity index (χ1n) is 9.64. The molecule has 1 aromatic carbocycles. The maximum atomic E-state index is 11.8. The Balaban J connectivity index is 2.25. The van der Waals surface area contributed by atoms with Crippen molar-refractivity contribution in [2.75, 3.05) is 6.61 Å². The van der Waals surface area contributed by atoms with Gasteiger partial charge in [0.25, 0.3) is 0 Å². The fraction of sp³-hybridized carbons (Fsp3) is 0.600. The van der Waals surface area contributed by atoms with Crippen LogP contribution in [0.25, 0.3) is 0 Å². The van der Waals surface area contributed by atoms with Crippen molar-refractivity contribution < 1.29 is 49.3 Å². The first-order valence-corrected chi connectivity index (χ1v) is 9.64. The molecule has 1 aliphatic rings. The van der Waals surface area contributed by atoms with Gasteiger partial charge in [0, 0.05) is 12.2 Å². The summed E-state index contributed by atoms with van der Waals surface area (Å²) >= 11 is 0. The lowest BCUT2D eigenvalue weighted by Crippen LogP contribution is -2.61. The standard InChI is InChI=1S/C20H28O10/c1-10(2)19(27)28-9-12-8-11(4-3-7-21)5-6-13(12)29-20-16(24)14(22)15(23)17(30-20)18(25)26/h5-6,8,10,14-17,20-24H,3-4,7,9H2,1-2H3,(H,25,26)/t14-,15-,16+,17-,20+/m0/s1. The quantitative estimate of drug-likeness (QED) is 0.327. The third-order valence-corrected chi connectivity index (χ3v) is 4.65. The molecule has 0 bridgehead atoms. The molecule has 0 saturated carbocycles. The van der Waals surface area contributed by atoms with E-state index in [9.17, 15) is 24.9 Å². The van der Waals surface area contributed by atoms with Gasteiger partial charge in [-0.25, -0.2) is 4.79 Å². The molecule has 168 valence electrons. The van der Waals surface area contributed by atoms with Crippen molar-refractivity contribution in [2.45, 2.75) is 64.0 Å². The number of hydrogen-bond donors (Lipinski definition) is 5. The van der Waals surface area contributed by atoms with Crippen LogP contribution >= 0.6 is 0 Å². The zero-order valence-electron chi connectivity index (χ0n) is 16.8. The molecule has 1 heterocycles. The van der Waals surface area contributed by atoms with E-state index < -0.39 is 42.6 Å². The summed E-state index contributed by atoms with van der Waals surface area (Å²) in [5.41, 5.74) is 1.28. The highest BCUT2D eigenvalue weighted by Gasteiger charge is 2.48. The molecule has 30 heavy (non-hydrogen) atoms. The Morgan fingerprint density at radius 1 is 1.13 bits per heavy atom. The SMILES string of the molecule is CC(C)C(=O)OCc1cc(CCCO)ccc1O[C@@H]1O[C@H](C(=O)O)[C@@H](O)[C@H](O)[C@H]1O. The lowest BCUT2D eigenvalue weighted by molar-refractivity contribution is -0.271. The number of carbonyl (C=O) groups excluding carboxylic acids is 1. The van der Waals surface area contributed by atoms with Crippen molar-refractivity contribution in [3.05, 3.63) is 29.3 Å². The van der Waals surface area contributed by atoms with E-state index in [4.69, 9.17) is 24.4 Å². The van der Waals surface area contributed by atoms with Gasteiger partial charge in [-0.2, -0.15) is 0 Å². The molecule has 10 nitrogen and oxygen atoms in total. The third-order valence-electron chi connectivity index (χ3n) is 4.65. The molecular weight excluding hydrogens is 400 g/mol. The van der Waals surface area contributed by atoms with Gasteiger partial charge in [-0.1, -0.05) is 19.9 Å². The Bertz CT molecular complexity index is 734. The summed E-state index contributed by atoms with van der Waals surface area (Å²) in [5.74, 6) is -2.15. The molecule has 2 rings (SSSR count). The molecular formula is C20H28O10. The lowest BCUT2D eigenvalue weighted by Gasteiger charge is -2.38. The van der Waals surface area contributed by atoms with E-state index in [1.807, 2.05) is 0 Å². The molecule has 1 fully saturated rings. The second-order valence-corrected chi connectivity index (χ2v) is 7.38. The number of esters is 1. The van der Waals surface area contributed by atoms with Crippen LogP contribution in [0, 0.1) is 5.92 Å². The predicted molar refractivity (Wildman–Crippen MR) is 101 cm³/mol. The number of carboxylic acids is 1. The van der Waals surface area contributed by atoms with Crippen LogP contribution in [0.5, 0.6) is 5.75 Å². The van der Waals surface area contributed by atoms with Crippen molar-refractivity contribution >= 4 is 11.9 Å². The van der Waals surface area contributed by atoms with Crippen LogP contribution in [0.3, 0.4) is 0 Å². The number of aryl methyl sites for hydroxylation is 1. The summed E-state index contributed by atoms with van der Waals surface area (Å²) in [6.45, 7) is 3.23. The Morgan fingerprint density at radius 2 is 1.83 bits per heavy atom. The minimum Gasteiger partial charge on any atom is -0.479 e. The predicted octanol–water partition coefficient (Wildman–Crippen LogP) is -0.418. The van der Waals surface area contributed by atoms with Crippen LogP contribution in [0.15, 0.2) is 18.2 Å². The summed E-state index contributed by atoms with van der Waals surface area (Å²) in [5, 5.41) is 48.1. The lowest BCUT2D eigenvalue weighted by atomic mass is 9.99. The number of carbonyl (C=O) groups is 2. The van der Waals surface area contributed by atoms with E-state index in [0.29, 0.717) is 18.4 Å². The fourth-order valence-electron chi connectivity index (χ4n) is 2.89. The molecule has 0 radical (unpaired) electrons. The van der Waals surface area contributed by atoms with E-state index in [-0.39, 0.29) is 24.9 Å². The van der Waals surface area contributed by atoms with Crippen LogP contribution in [0.2, 0.25) is 0 Å². The summed E-state index contributed by atoms with van der Waals surface area (Å²) < 4.78 is 16.0. The van der Waals surface area contributed by atoms with Crippen LogP contribution in [-0.2, 0) is 32.1 Å². The zero-order chi connectivity index (χ0) is 22.4. The van der Waals surface area contributed by atoms with E-state index in [1.54, 1.807) is 26.0 Å². The number of hydrogen-bond acceptors (Lipinski definition) is 9. The summed E-state index contributed by atoms with van der Waals surface area (Å²) in [4.78, 5) is 23.1. The molecule has 0 unspecified atom stereocenters. The maximum absolute atomic E-state index is 11.8. The minimum atomic E-state index is -1.83. The Morgan fingerprint density at radius 3 is 2.43 bits per heavy atom. The largest absolute Gasteiger partial charge is 0.479 e. The molecule has 5 atom stereocenters. The maximum Gasteiger partial charge on any atom is 0.335 e. The minimum absolute atomic E-state index is 0.00875. The highest BCUT2D eigenvalue weighted by Crippen LogP contribution is 2.28. The van der Waals surface area contributed by atoms with Crippen molar-refractivity contribution in [2.24, 2.45) is 5.92 Å². The van der Waals surface area contributed by atoms with Gasteiger partial charge < -0.3 is 39.7 Å². The molecule has 10 heteroatoms. The van der Waals surface area contributed by atoms with Gasteiger partial charge in [0.1, 0.15) is 30.7 Å². The van der Waals surface area contributed by atoms with Gasteiger partial charge in [0.05, 0.1) is 5.92 Å². The van der Waals surface area contributed by atoms with Crippen molar-refractivity contribution in [1.29, 1.82) is 0 Å². The summed E-state index contributed by atoms with van der Waals surface area (Å²) in [6.07, 6.45) is -7.61. The number of aliphatic hydroxyl groups is 4. The first-order chi connectivity index (χ1) is 14.1. The summed E-state index contributed by atoms with van der Waals surface area (Å²) in [7, 11) is 0.